The Morgan fingerprint density at radius 2 is 2.11 bits per heavy atom. The number of aryl methyl sites for hydroxylation is 1. The molecule has 104 valence electrons. The van der Waals surface area contributed by atoms with Crippen molar-refractivity contribution in [2.75, 3.05) is 18.1 Å². The molecule has 19 heavy (non-hydrogen) atoms. The number of hydrogen-bond donors (Lipinski definition) is 2. The van der Waals surface area contributed by atoms with E-state index in [4.69, 9.17) is 5.11 Å². The largest absolute Gasteiger partial charge is 0.478 e. The highest BCUT2D eigenvalue weighted by Crippen LogP contribution is 2.06. The number of hydrogen-bond acceptors (Lipinski definition) is 4. The van der Waals surface area contributed by atoms with E-state index in [-0.39, 0.29) is 17.0 Å². The molecule has 6 nitrogen and oxygen atoms in total. The number of carboxylic acid groups (broad SMARTS) is 1. The minimum Gasteiger partial charge on any atom is -0.478 e. The molecule has 0 aliphatic heterocycles. The van der Waals surface area contributed by atoms with Gasteiger partial charge < -0.3 is 10.4 Å². The standard InChI is InChI=1S/C12H16N2O4S/c1-3-19(18)7-6-13-11(15)10-5-4-9(12(16)17)8(2)14-10/h4-5H,3,6-7H2,1-2H3,(H,13,15)(H,16,17). The third-order valence-electron chi connectivity index (χ3n) is 2.49. The van der Waals surface area contributed by atoms with Crippen LogP contribution in [0.3, 0.4) is 0 Å². The number of rotatable bonds is 6. The van der Waals surface area contributed by atoms with Gasteiger partial charge in [-0.15, -0.1) is 0 Å². The van der Waals surface area contributed by atoms with Gasteiger partial charge in [-0.1, -0.05) is 6.92 Å². The summed E-state index contributed by atoms with van der Waals surface area (Å²) in [4.78, 5) is 26.5. The summed E-state index contributed by atoms with van der Waals surface area (Å²) < 4.78 is 11.2. The van der Waals surface area contributed by atoms with Gasteiger partial charge in [0.05, 0.1) is 11.3 Å². The van der Waals surface area contributed by atoms with Crippen molar-refractivity contribution >= 4 is 22.7 Å². The molecule has 0 radical (unpaired) electrons. The lowest BCUT2D eigenvalue weighted by Gasteiger charge is -2.06. The first-order chi connectivity index (χ1) is 8.95. The Morgan fingerprint density at radius 3 is 2.63 bits per heavy atom. The molecule has 1 heterocycles. The topological polar surface area (TPSA) is 96.4 Å². The van der Waals surface area contributed by atoms with Gasteiger partial charge in [-0.2, -0.15) is 0 Å². The van der Waals surface area contributed by atoms with E-state index < -0.39 is 22.7 Å². The Hall–Kier alpha value is -1.76. The Labute approximate surface area is 113 Å². The summed E-state index contributed by atoms with van der Waals surface area (Å²) in [6.45, 7) is 3.65. The van der Waals surface area contributed by atoms with Crippen molar-refractivity contribution in [2.45, 2.75) is 13.8 Å². The molecule has 0 fully saturated rings. The minimum absolute atomic E-state index is 0.0728. The quantitative estimate of drug-likeness (QED) is 0.797. The van der Waals surface area contributed by atoms with Crippen molar-refractivity contribution in [3.05, 3.63) is 29.1 Å². The van der Waals surface area contributed by atoms with Gasteiger partial charge in [0.25, 0.3) is 5.91 Å². The molecule has 0 bridgehead atoms. The van der Waals surface area contributed by atoms with Gasteiger partial charge in [-0.25, -0.2) is 9.78 Å². The number of amides is 1. The first-order valence-electron chi connectivity index (χ1n) is 5.79. The van der Waals surface area contributed by atoms with Crippen LogP contribution < -0.4 is 5.32 Å². The summed E-state index contributed by atoms with van der Waals surface area (Å²) in [5, 5.41) is 11.4. The normalized spacial score (nSPS) is 11.9. The molecule has 0 aliphatic carbocycles. The first kappa shape index (κ1) is 15.3. The summed E-state index contributed by atoms with van der Waals surface area (Å²) in [6, 6.07) is 2.71. The van der Waals surface area contributed by atoms with Crippen LogP contribution in [0.15, 0.2) is 12.1 Å². The molecule has 0 aliphatic rings. The maximum absolute atomic E-state index is 11.7. The van der Waals surface area contributed by atoms with Gasteiger partial charge in [-0.3, -0.25) is 9.00 Å². The smallest absolute Gasteiger partial charge is 0.337 e. The highest BCUT2D eigenvalue weighted by atomic mass is 32.2. The van der Waals surface area contributed by atoms with E-state index >= 15 is 0 Å². The highest BCUT2D eigenvalue weighted by Gasteiger charge is 2.12. The van der Waals surface area contributed by atoms with Crippen molar-refractivity contribution < 1.29 is 18.9 Å². The van der Waals surface area contributed by atoms with E-state index in [1.165, 1.54) is 19.1 Å². The molecule has 0 aromatic carbocycles. The highest BCUT2D eigenvalue weighted by molar-refractivity contribution is 7.84. The summed E-state index contributed by atoms with van der Waals surface area (Å²) in [6.07, 6.45) is 0. The zero-order valence-corrected chi connectivity index (χ0v) is 11.6. The molecular formula is C12H16N2O4S. The summed E-state index contributed by atoms with van der Waals surface area (Å²) in [7, 11) is -0.927. The van der Waals surface area contributed by atoms with Crippen LogP contribution in [0.5, 0.6) is 0 Å². The van der Waals surface area contributed by atoms with E-state index in [0.29, 0.717) is 18.1 Å². The molecule has 0 saturated heterocycles. The van der Waals surface area contributed by atoms with Gasteiger partial charge in [-0.05, 0) is 19.1 Å². The van der Waals surface area contributed by atoms with Gasteiger partial charge in [0.2, 0.25) is 0 Å². The van der Waals surface area contributed by atoms with Gasteiger partial charge in [0, 0.05) is 28.9 Å². The van der Waals surface area contributed by atoms with Crippen molar-refractivity contribution in [1.82, 2.24) is 10.3 Å². The second-order valence-electron chi connectivity index (χ2n) is 3.82. The van der Waals surface area contributed by atoms with E-state index in [9.17, 15) is 13.8 Å². The van der Waals surface area contributed by atoms with Crippen LogP contribution in [0.4, 0.5) is 0 Å². The van der Waals surface area contributed by atoms with Gasteiger partial charge in [0.15, 0.2) is 0 Å². The van der Waals surface area contributed by atoms with Crippen LogP contribution in [-0.2, 0) is 10.8 Å². The summed E-state index contributed by atoms with van der Waals surface area (Å²) in [5.41, 5.74) is 0.519. The molecule has 1 aromatic rings. The number of carbonyl (C=O) groups excluding carboxylic acids is 1. The Morgan fingerprint density at radius 1 is 1.42 bits per heavy atom. The number of aromatic carboxylic acids is 1. The third-order valence-corrected chi connectivity index (χ3v) is 3.79. The van der Waals surface area contributed by atoms with Crippen molar-refractivity contribution in [3.63, 3.8) is 0 Å². The molecule has 1 atom stereocenters. The average Bonchev–Trinajstić information content (AvgIpc) is 2.37. The second kappa shape index (κ2) is 6.98. The molecular weight excluding hydrogens is 268 g/mol. The lowest BCUT2D eigenvalue weighted by atomic mass is 10.2. The zero-order chi connectivity index (χ0) is 14.4. The fourth-order valence-corrected chi connectivity index (χ4v) is 2.05. The second-order valence-corrected chi connectivity index (χ2v) is 5.69. The molecule has 2 N–H and O–H groups in total. The van der Waals surface area contributed by atoms with Crippen LogP contribution in [-0.4, -0.2) is 44.2 Å². The van der Waals surface area contributed by atoms with Crippen LogP contribution in [0.25, 0.3) is 0 Å². The van der Waals surface area contributed by atoms with E-state index in [1.807, 2.05) is 6.92 Å². The predicted octanol–water partition coefficient (Wildman–Crippen LogP) is 0.587. The SMILES string of the molecule is CCS(=O)CCNC(=O)c1ccc(C(=O)O)c(C)n1. The van der Waals surface area contributed by atoms with E-state index in [2.05, 4.69) is 10.3 Å². The van der Waals surface area contributed by atoms with E-state index in [1.54, 1.807) is 0 Å². The number of nitrogens with zero attached hydrogens (tertiary/aromatic N) is 1. The minimum atomic E-state index is -1.07. The van der Waals surface area contributed by atoms with Crippen molar-refractivity contribution in [1.29, 1.82) is 0 Å². The fraction of sp³-hybridized carbons (Fsp3) is 0.417. The van der Waals surface area contributed by atoms with Crippen LogP contribution in [0.2, 0.25) is 0 Å². The number of aromatic nitrogens is 1. The summed E-state index contributed by atoms with van der Waals surface area (Å²) >= 11 is 0. The fourth-order valence-electron chi connectivity index (χ4n) is 1.43. The average molecular weight is 284 g/mol. The van der Waals surface area contributed by atoms with Crippen molar-refractivity contribution in [2.24, 2.45) is 0 Å². The maximum atomic E-state index is 11.7. The maximum Gasteiger partial charge on any atom is 0.337 e. The predicted molar refractivity (Wildman–Crippen MR) is 71.8 cm³/mol. The van der Waals surface area contributed by atoms with Crippen LogP contribution in [0, 0.1) is 6.92 Å². The lowest BCUT2D eigenvalue weighted by molar-refractivity contribution is 0.0694. The molecule has 1 rings (SSSR count). The Kier molecular flexibility index (Phi) is 5.62. The molecule has 1 amide bonds. The van der Waals surface area contributed by atoms with Gasteiger partial charge in [0.1, 0.15) is 5.69 Å². The number of pyridine rings is 1. The number of carboxylic acids is 1. The monoisotopic (exact) mass is 284 g/mol. The molecule has 0 saturated carbocycles. The first-order valence-corrected chi connectivity index (χ1v) is 7.28. The van der Waals surface area contributed by atoms with E-state index in [0.717, 1.165) is 0 Å². The number of nitrogens with one attached hydrogen (secondary N) is 1. The zero-order valence-electron chi connectivity index (χ0n) is 10.8. The Balaban J connectivity index is 2.65. The molecule has 0 spiro atoms. The molecule has 1 unspecified atom stereocenters. The van der Waals surface area contributed by atoms with Crippen molar-refractivity contribution in [3.8, 4) is 0 Å². The third kappa shape index (κ3) is 4.44. The van der Waals surface area contributed by atoms with Crippen LogP contribution in [0.1, 0.15) is 33.5 Å². The molecule has 7 heteroatoms. The Bertz CT molecular complexity index is 516. The molecule has 1 aromatic heterocycles. The summed E-state index contributed by atoms with van der Waals surface area (Å²) in [5.74, 6) is -0.516. The van der Waals surface area contributed by atoms with Crippen LogP contribution >= 0.6 is 0 Å². The van der Waals surface area contributed by atoms with Gasteiger partial charge >= 0.3 is 5.97 Å². The number of carbonyl (C=O) groups is 2. The lowest BCUT2D eigenvalue weighted by Crippen LogP contribution is -2.29.